The maximum absolute atomic E-state index is 12.3. The lowest BCUT2D eigenvalue weighted by Crippen LogP contribution is -2.38. The van der Waals surface area contributed by atoms with Gasteiger partial charge in [-0.15, -0.1) is 0 Å². The number of rotatable bonds is 3. The van der Waals surface area contributed by atoms with Crippen LogP contribution in [0, 0.1) is 0 Å². The maximum Gasteiger partial charge on any atom is 0.313 e. The number of nitrogens with one attached hydrogen (secondary N) is 1. The molecule has 1 N–H and O–H groups in total. The minimum atomic E-state index is -2.75. The van der Waals surface area contributed by atoms with Crippen molar-refractivity contribution in [2.24, 2.45) is 0 Å². The molecule has 1 saturated heterocycles. The van der Waals surface area contributed by atoms with Crippen LogP contribution in [0.3, 0.4) is 0 Å². The molecule has 1 aliphatic heterocycles. The van der Waals surface area contributed by atoms with E-state index in [0.717, 1.165) is 24.3 Å². The van der Waals surface area contributed by atoms with E-state index in [1.54, 1.807) is 0 Å². The molecule has 1 heterocycles. The third kappa shape index (κ3) is 4.62. The van der Waals surface area contributed by atoms with Crippen molar-refractivity contribution in [1.82, 2.24) is 5.32 Å². The van der Waals surface area contributed by atoms with E-state index < -0.39 is 4.83 Å². The van der Waals surface area contributed by atoms with Crippen molar-refractivity contribution in [1.29, 1.82) is 0 Å². The maximum atomic E-state index is 12.3. The van der Waals surface area contributed by atoms with Crippen molar-refractivity contribution in [3.8, 4) is 0 Å². The second-order valence-electron chi connectivity index (χ2n) is 2.88. The Labute approximate surface area is 83.8 Å². The highest BCUT2D eigenvalue weighted by Crippen LogP contribution is 2.22. The summed E-state index contributed by atoms with van der Waals surface area (Å²) in [5.74, 6) is 2.18. The van der Waals surface area contributed by atoms with Crippen molar-refractivity contribution < 1.29 is 8.78 Å². The van der Waals surface area contributed by atoms with Crippen LogP contribution in [-0.2, 0) is 0 Å². The minimum absolute atomic E-state index is 0.262. The van der Waals surface area contributed by atoms with Gasteiger partial charge in [0.25, 0.3) is 0 Å². The van der Waals surface area contributed by atoms with E-state index in [4.69, 9.17) is 0 Å². The Morgan fingerprint density at radius 2 is 2.00 bits per heavy atom. The summed E-state index contributed by atoms with van der Waals surface area (Å²) in [5, 5.41) is 2.85. The molecule has 0 bridgehead atoms. The first-order valence-corrected chi connectivity index (χ1v) is 5.90. The van der Waals surface area contributed by atoms with Gasteiger partial charge in [0.1, 0.15) is 0 Å². The predicted molar refractivity (Wildman–Crippen MR) is 52.2 cm³/mol. The van der Waals surface area contributed by atoms with E-state index in [-0.39, 0.29) is 12.6 Å². The third-order valence-corrected chi connectivity index (χ3v) is 3.14. The molecule has 1 rings (SSSR count). The zero-order valence-corrected chi connectivity index (χ0v) is 9.06. The number of hydrogen-bond acceptors (Lipinski definition) is 2. The zero-order valence-electron chi connectivity index (χ0n) is 6.66. The van der Waals surface area contributed by atoms with Gasteiger partial charge < -0.3 is 5.32 Å². The van der Waals surface area contributed by atoms with Gasteiger partial charge in [0.05, 0.1) is 6.54 Å². The average molecular weight is 260 g/mol. The van der Waals surface area contributed by atoms with Crippen LogP contribution >= 0.6 is 27.7 Å². The topological polar surface area (TPSA) is 12.0 Å². The molecule has 0 saturated carbocycles. The monoisotopic (exact) mass is 259 g/mol. The standard InChI is InChI=1S/C7H12BrF2NS/c8-7(9,10)5-11-6-1-3-12-4-2-6/h6,11H,1-5H2. The van der Waals surface area contributed by atoms with Crippen LogP contribution in [0.25, 0.3) is 0 Å². The highest BCUT2D eigenvalue weighted by Gasteiger charge is 2.25. The molecule has 1 aliphatic rings. The second-order valence-corrected chi connectivity index (χ2v) is 5.27. The summed E-state index contributed by atoms with van der Waals surface area (Å²) in [6.07, 6.45) is 2.02. The van der Waals surface area contributed by atoms with E-state index in [0.29, 0.717) is 0 Å². The molecule has 0 aromatic carbocycles. The minimum Gasteiger partial charge on any atom is -0.308 e. The Morgan fingerprint density at radius 1 is 1.42 bits per heavy atom. The molecule has 0 aromatic rings. The Bertz CT molecular complexity index is 134. The SMILES string of the molecule is FC(F)(Br)CNC1CCSCC1. The van der Waals surface area contributed by atoms with Crippen molar-refractivity contribution in [3.63, 3.8) is 0 Å². The second kappa shape index (κ2) is 4.77. The molecule has 0 amide bonds. The summed E-state index contributed by atoms with van der Waals surface area (Å²) >= 11 is 4.20. The summed E-state index contributed by atoms with van der Waals surface area (Å²) < 4.78 is 24.7. The van der Waals surface area contributed by atoms with Gasteiger partial charge in [0.15, 0.2) is 0 Å². The van der Waals surface area contributed by atoms with Crippen LogP contribution in [0.2, 0.25) is 0 Å². The normalized spacial score (nSPS) is 21.2. The largest absolute Gasteiger partial charge is 0.313 e. The fraction of sp³-hybridized carbons (Fsp3) is 1.00. The van der Waals surface area contributed by atoms with Gasteiger partial charge in [-0.1, -0.05) is 0 Å². The molecular weight excluding hydrogens is 248 g/mol. The lowest BCUT2D eigenvalue weighted by atomic mass is 10.1. The summed E-state index contributed by atoms with van der Waals surface area (Å²) in [5.41, 5.74) is 0. The smallest absolute Gasteiger partial charge is 0.308 e. The Morgan fingerprint density at radius 3 is 2.50 bits per heavy atom. The number of thioether (sulfide) groups is 1. The molecule has 0 aromatic heterocycles. The van der Waals surface area contributed by atoms with Crippen molar-refractivity contribution in [2.75, 3.05) is 18.1 Å². The van der Waals surface area contributed by atoms with E-state index in [9.17, 15) is 8.78 Å². The van der Waals surface area contributed by atoms with Crippen LogP contribution in [0.4, 0.5) is 8.78 Å². The average Bonchev–Trinajstić information content (AvgIpc) is 2.02. The van der Waals surface area contributed by atoms with Crippen LogP contribution in [0.15, 0.2) is 0 Å². The van der Waals surface area contributed by atoms with Crippen molar-refractivity contribution in [2.45, 2.75) is 23.7 Å². The molecule has 12 heavy (non-hydrogen) atoms. The molecule has 0 spiro atoms. The molecule has 1 nitrogen and oxygen atoms in total. The number of halogens is 3. The zero-order chi connectivity index (χ0) is 9.03. The highest BCUT2D eigenvalue weighted by atomic mass is 79.9. The first kappa shape index (κ1) is 10.7. The molecular formula is C7H12BrF2NS. The Kier molecular flexibility index (Phi) is 4.26. The highest BCUT2D eigenvalue weighted by molar-refractivity contribution is 9.10. The molecule has 0 aliphatic carbocycles. The molecule has 0 atom stereocenters. The summed E-state index contributed by atoms with van der Waals surface area (Å²) in [6.45, 7) is -0.262. The van der Waals surface area contributed by atoms with E-state index in [1.807, 2.05) is 11.8 Å². The molecule has 1 fully saturated rings. The molecule has 0 radical (unpaired) electrons. The van der Waals surface area contributed by atoms with Crippen LogP contribution in [0.1, 0.15) is 12.8 Å². The molecule has 0 unspecified atom stereocenters. The Hall–Kier alpha value is 0.650. The third-order valence-electron chi connectivity index (χ3n) is 1.81. The fourth-order valence-electron chi connectivity index (χ4n) is 1.16. The van der Waals surface area contributed by atoms with Gasteiger partial charge in [-0.25, -0.2) is 0 Å². The van der Waals surface area contributed by atoms with Crippen LogP contribution in [0.5, 0.6) is 0 Å². The quantitative estimate of drug-likeness (QED) is 0.782. The van der Waals surface area contributed by atoms with Gasteiger partial charge >= 0.3 is 4.83 Å². The lowest BCUT2D eigenvalue weighted by Gasteiger charge is -2.23. The predicted octanol–water partition coefficient (Wildman–Crippen LogP) is 2.46. The fourth-order valence-corrected chi connectivity index (χ4v) is 2.43. The number of hydrogen-bond donors (Lipinski definition) is 1. The van der Waals surface area contributed by atoms with Crippen LogP contribution in [-0.4, -0.2) is 28.9 Å². The summed E-state index contributed by atoms with van der Waals surface area (Å²) in [6, 6.07) is 0.287. The van der Waals surface area contributed by atoms with Gasteiger partial charge in [-0.05, 0) is 40.3 Å². The van der Waals surface area contributed by atoms with Gasteiger partial charge in [-0.3, -0.25) is 0 Å². The van der Waals surface area contributed by atoms with Gasteiger partial charge in [0, 0.05) is 6.04 Å². The number of alkyl halides is 3. The first-order chi connectivity index (χ1) is 5.58. The van der Waals surface area contributed by atoms with E-state index in [1.165, 1.54) is 0 Å². The lowest BCUT2D eigenvalue weighted by molar-refractivity contribution is 0.108. The first-order valence-electron chi connectivity index (χ1n) is 3.96. The van der Waals surface area contributed by atoms with Gasteiger partial charge in [0.2, 0.25) is 0 Å². The molecule has 72 valence electrons. The van der Waals surface area contributed by atoms with E-state index in [2.05, 4.69) is 21.2 Å². The van der Waals surface area contributed by atoms with Gasteiger partial charge in [-0.2, -0.15) is 20.5 Å². The van der Waals surface area contributed by atoms with Crippen molar-refractivity contribution in [3.05, 3.63) is 0 Å². The molecule has 5 heteroatoms. The Balaban J connectivity index is 2.13. The van der Waals surface area contributed by atoms with Crippen LogP contribution < -0.4 is 5.32 Å². The summed E-state index contributed by atoms with van der Waals surface area (Å²) in [7, 11) is 0. The summed E-state index contributed by atoms with van der Waals surface area (Å²) in [4.78, 5) is -2.75. The van der Waals surface area contributed by atoms with Crippen molar-refractivity contribution >= 4 is 27.7 Å². The van der Waals surface area contributed by atoms with E-state index >= 15 is 0 Å².